The molecule has 0 atom stereocenters. The van der Waals surface area contributed by atoms with E-state index in [9.17, 15) is 0 Å². The van der Waals surface area contributed by atoms with Gasteiger partial charge in [-0.3, -0.25) is 9.36 Å². The average molecular weight is 270 g/mol. The second kappa shape index (κ2) is 4.96. The van der Waals surface area contributed by atoms with E-state index < -0.39 is 0 Å². The summed E-state index contributed by atoms with van der Waals surface area (Å²) < 4.78 is 5.63. The van der Waals surface area contributed by atoms with E-state index in [4.69, 9.17) is 0 Å². The lowest BCUT2D eigenvalue weighted by Crippen LogP contribution is -2.04. The highest BCUT2D eigenvalue weighted by molar-refractivity contribution is 5.59. The first-order chi connectivity index (χ1) is 9.63. The Morgan fingerprint density at radius 2 is 1.95 bits per heavy atom. The minimum Gasteiger partial charge on any atom is -0.275 e. The normalized spacial score (nSPS) is 11.4. The Morgan fingerprint density at radius 1 is 1.10 bits per heavy atom. The largest absolute Gasteiger partial charge is 0.275 e. The van der Waals surface area contributed by atoms with Crippen LogP contribution in [-0.2, 0) is 13.6 Å². The van der Waals surface area contributed by atoms with Crippen LogP contribution in [0.4, 0.5) is 0 Å². The van der Waals surface area contributed by atoms with E-state index in [0.717, 1.165) is 23.5 Å². The van der Waals surface area contributed by atoms with Gasteiger partial charge >= 0.3 is 0 Å². The van der Waals surface area contributed by atoms with Crippen molar-refractivity contribution in [2.24, 2.45) is 13.0 Å². The number of hydrogen-bond acceptors (Lipinski definition) is 3. The predicted molar refractivity (Wildman–Crippen MR) is 76.4 cm³/mol. The molecule has 0 N–H and O–H groups in total. The highest BCUT2D eigenvalue weighted by Gasteiger charge is 2.11. The van der Waals surface area contributed by atoms with Gasteiger partial charge in [0.15, 0.2) is 0 Å². The van der Waals surface area contributed by atoms with Crippen molar-refractivity contribution in [2.75, 3.05) is 0 Å². The van der Waals surface area contributed by atoms with Crippen molar-refractivity contribution in [1.29, 1.82) is 0 Å². The number of rotatable bonds is 4. The van der Waals surface area contributed by atoms with Gasteiger partial charge in [-0.15, -0.1) is 0 Å². The average Bonchev–Trinajstić information content (AvgIpc) is 3.06. The molecule has 104 valence electrons. The minimum absolute atomic E-state index is 0.568. The van der Waals surface area contributed by atoms with Crippen LogP contribution in [0.3, 0.4) is 0 Å². The molecule has 6 heteroatoms. The molecule has 0 spiro atoms. The molecule has 3 heterocycles. The molecular weight excluding hydrogens is 252 g/mol. The topological polar surface area (TPSA) is 53.5 Å². The molecule has 0 aliphatic rings. The minimum atomic E-state index is 0.568. The Balaban J connectivity index is 1.95. The SMILES string of the molecule is CC(C)Cn1cc(-n2nccc2-c2cnn(C)c2)cn1. The Kier molecular flexibility index (Phi) is 3.14. The van der Waals surface area contributed by atoms with Gasteiger partial charge in [0.25, 0.3) is 0 Å². The van der Waals surface area contributed by atoms with Gasteiger partial charge in [0, 0.05) is 25.4 Å². The fraction of sp³-hybridized carbons (Fsp3) is 0.357. The third-order valence-corrected chi connectivity index (χ3v) is 3.06. The van der Waals surface area contributed by atoms with Gasteiger partial charge in [-0.1, -0.05) is 13.8 Å². The van der Waals surface area contributed by atoms with Gasteiger partial charge in [-0.05, 0) is 12.0 Å². The fourth-order valence-corrected chi connectivity index (χ4v) is 2.22. The number of hydrogen-bond donors (Lipinski definition) is 0. The summed E-state index contributed by atoms with van der Waals surface area (Å²) in [6.07, 6.45) is 9.47. The van der Waals surface area contributed by atoms with Crippen LogP contribution in [0.2, 0.25) is 0 Å². The van der Waals surface area contributed by atoms with E-state index in [1.165, 1.54) is 0 Å². The van der Waals surface area contributed by atoms with Gasteiger partial charge in [0.05, 0.1) is 30.5 Å². The van der Waals surface area contributed by atoms with Crippen molar-refractivity contribution in [3.8, 4) is 16.9 Å². The zero-order valence-electron chi connectivity index (χ0n) is 11.9. The summed E-state index contributed by atoms with van der Waals surface area (Å²) in [5, 5.41) is 13.0. The van der Waals surface area contributed by atoms with E-state index in [2.05, 4.69) is 29.1 Å². The lowest BCUT2D eigenvalue weighted by atomic mass is 10.2. The molecule has 0 saturated carbocycles. The molecule has 0 amide bonds. The maximum absolute atomic E-state index is 4.39. The molecule has 0 aliphatic carbocycles. The summed E-state index contributed by atoms with van der Waals surface area (Å²) in [7, 11) is 1.91. The van der Waals surface area contributed by atoms with E-state index in [1.54, 1.807) is 10.9 Å². The van der Waals surface area contributed by atoms with Gasteiger partial charge in [-0.25, -0.2) is 4.68 Å². The van der Waals surface area contributed by atoms with Crippen molar-refractivity contribution < 1.29 is 0 Å². The quantitative estimate of drug-likeness (QED) is 0.729. The van der Waals surface area contributed by atoms with E-state index in [0.29, 0.717) is 5.92 Å². The first-order valence-electron chi connectivity index (χ1n) is 6.69. The molecule has 3 aromatic heterocycles. The highest BCUT2D eigenvalue weighted by Crippen LogP contribution is 2.21. The molecule has 20 heavy (non-hydrogen) atoms. The molecule has 3 aromatic rings. The van der Waals surface area contributed by atoms with Crippen LogP contribution in [0.1, 0.15) is 13.8 Å². The van der Waals surface area contributed by atoms with Crippen molar-refractivity contribution >= 4 is 0 Å². The molecule has 6 nitrogen and oxygen atoms in total. The maximum atomic E-state index is 4.39. The van der Waals surface area contributed by atoms with Crippen LogP contribution >= 0.6 is 0 Å². The maximum Gasteiger partial charge on any atom is 0.103 e. The monoisotopic (exact) mass is 270 g/mol. The van der Waals surface area contributed by atoms with E-state index in [-0.39, 0.29) is 0 Å². The van der Waals surface area contributed by atoms with Crippen LogP contribution in [-0.4, -0.2) is 29.3 Å². The van der Waals surface area contributed by atoms with Crippen molar-refractivity contribution in [1.82, 2.24) is 29.3 Å². The molecule has 0 aromatic carbocycles. The Labute approximate surface area is 117 Å². The third kappa shape index (κ3) is 2.36. The summed E-state index contributed by atoms with van der Waals surface area (Å²) in [6.45, 7) is 5.26. The third-order valence-electron chi connectivity index (χ3n) is 3.06. The van der Waals surface area contributed by atoms with Gasteiger partial charge in [0.2, 0.25) is 0 Å². The highest BCUT2D eigenvalue weighted by atomic mass is 15.3. The summed E-state index contributed by atoms with van der Waals surface area (Å²) in [4.78, 5) is 0. The zero-order chi connectivity index (χ0) is 14.1. The van der Waals surface area contributed by atoms with E-state index in [1.807, 2.05) is 47.3 Å². The van der Waals surface area contributed by atoms with Crippen LogP contribution in [0, 0.1) is 5.92 Å². The van der Waals surface area contributed by atoms with E-state index >= 15 is 0 Å². The van der Waals surface area contributed by atoms with Gasteiger partial charge < -0.3 is 0 Å². The van der Waals surface area contributed by atoms with Gasteiger partial charge in [0.1, 0.15) is 5.69 Å². The van der Waals surface area contributed by atoms with Crippen molar-refractivity contribution in [3.63, 3.8) is 0 Å². The first kappa shape index (κ1) is 12.7. The molecule has 0 unspecified atom stereocenters. The van der Waals surface area contributed by atoms with Crippen LogP contribution in [0.15, 0.2) is 37.1 Å². The standard InChI is InChI=1S/C14H18N6/c1-11(2)8-19-10-13(7-17-19)20-14(4-5-15-20)12-6-16-18(3)9-12/h4-7,9-11H,8H2,1-3H3. The molecule has 0 aliphatic heterocycles. The van der Waals surface area contributed by atoms with Crippen LogP contribution in [0.5, 0.6) is 0 Å². The molecule has 0 saturated heterocycles. The predicted octanol–water partition coefficient (Wildman–Crippen LogP) is 2.13. The number of aryl methyl sites for hydroxylation is 1. The van der Waals surface area contributed by atoms with Gasteiger partial charge in [-0.2, -0.15) is 15.3 Å². The Morgan fingerprint density at radius 3 is 2.65 bits per heavy atom. The lowest BCUT2D eigenvalue weighted by molar-refractivity contribution is 0.483. The second-order valence-corrected chi connectivity index (χ2v) is 5.35. The molecule has 0 radical (unpaired) electrons. The molecule has 0 fully saturated rings. The number of aromatic nitrogens is 6. The fourth-order valence-electron chi connectivity index (χ4n) is 2.22. The van der Waals surface area contributed by atoms with Crippen molar-refractivity contribution in [2.45, 2.75) is 20.4 Å². The summed E-state index contributed by atoms with van der Waals surface area (Å²) in [5.74, 6) is 0.568. The number of nitrogens with zero attached hydrogens (tertiary/aromatic N) is 6. The Hall–Kier alpha value is -2.37. The lowest BCUT2D eigenvalue weighted by Gasteiger charge is -2.04. The second-order valence-electron chi connectivity index (χ2n) is 5.35. The van der Waals surface area contributed by atoms with Crippen molar-refractivity contribution in [3.05, 3.63) is 37.1 Å². The summed E-state index contributed by atoms with van der Waals surface area (Å²) in [5.41, 5.74) is 3.03. The Bertz CT molecular complexity index is 703. The summed E-state index contributed by atoms with van der Waals surface area (Å²) in [6, 6.07) is 1.98. The molecule has 0 bridgehead atoms. The first-order valence-corrected chi connectivity index (χ1v) is 6.69. The van der Waals surface area contributed by atoms with Crippen LogP contribution < -0.4 is 0 Å². The zero-order valence-corrected chi connectivity index (χ0v) is 11.9. The molecule has 3 rings (SSSR count). The van der Waals surface area contributed by atoms with Crippen LogP contribution in [0.25, 0.3) is 16.9 Å². The smallest absolute Gasteiger partial charge is 0.103 e. The molecular formula is C14H18N6. The summed E-state index contributed by atoms with van der Waals surface area (Å²) >= 11 is 0.